The van der Waals surface area contributed by atoms with E-state index in [4.69, 9.17) is 11.6 Å². The molecule has 0 radical (unpaired) electrons. The molecule has 4 aromatic rings. The number of aromatic nitrogens is 2. The fourth-order valence-electron chi connectivity index (χ4n) is 4.57. The van der Waals surface area contributed by atoms with E-state index in [-0.39, 0.29) is 16.2 Å². The molecule has 2 heterocycles. The molecule has 0 atom stereocenters. The second-order valence-electron chi connectivity index (χ2n) is 9.78. The number of ketones is 1. The molecule has 0 spiro atoms. The lowest BCUT2D eigenvalue weighted by molar-refractivity contribution is -0.137. The minimum atomic E-state index is -4.50. The van der Waals surface area contributed by atoms with Crippen LogP contribution in [0.1, 0.15) is 41.9 Å². The van der Waals surface area contributed by atoms with Gasteiger partial charge in [-0.3, -0.25) is 4.79 Å². The van der Waals surface area contributed by atoms with Crippen LogP contribution in [0.3, 0.4) is 0 Å². The zero-order chi connectivity index (χ0) is 26.5. The number of halogens is 5. The summed E-state index contributed by atoms with van der Waals surface area (Å²) in [5, 5.41) is 0.241. The normalized spacial score (nSPS) is 15.1. The van der Waals surface area contributed by atoms with Crippen LogP contribution >= 0.6 is 39.3 Å². The van der Waals surface area contributed by atoms with Gasteiger partial charge in [-0.25, -0.2) is 4.98 Å². The van der Waals surface area contributed by atoms with Gasteiger partial charge in [-0.1, -0.05) is 65.3 Å². The molecule has 1 aliphatic carbocycles. The van der Waals surface area contributed by atoms with Gasteiger partial charge in [0.1, 0.15) is 5.03 Å². The zero-order valence-electron chi connectivity index (χ0n) is 19.9. The number of hydrogen-bond acceptors (Lipinski definition) is 3. The van der Waals surface area contributed by atoms with Crippen LogP contribution in [0.5, 0.6) is 0 Å². The lowest BCUT2D eigenvalue weighted by Crippen LogP contribution is -2.27. The van der Waals surface area contributed by atoms with Gasteiger partial charge in [0.15, 0.2) is 5.78 Å². The molecular formula is C28H21BrClF3N2OS. The minimum absolute atomic E-state index is 0.0540. The molecule has 0 N–H and O–H groups in total. The fourth-order valence-corrected chi connectivity index (χ4v) is 5.87. The third-order valence-electron chi connectivity index (χ3n) is 6.27. The van der Waals surface area contributed by atoms with E-state index in [1.165, 1.54) is 11.8 Å². The summed E-state index contributed by atoms with van der Waals surface area (Å²) in [7, 11) is 0. The van der Waals surface area contributed by atoms with Crippen LogP contribution < -0.4 is 0 Å². The van der Waals surface area contributed by atoms with Crippen molar-refractivity contribution in [3.8, 4) is 16.9 Å². The molecule has 37 heavy (non-hydrogen) atoms. The topological polar surface area (TPSA) is 34.9 Å². The van der Waals surface area contributed by atoms with E-state index in [0.29, 0.717) is 11.4 Å². The van der Waals surface area contributed by atoms with Crippen LogP contribution in [0, 0.1) is 5.41 Å². The molecular weight excluding hydrogens is 585 g/mol. The molecule has 1 aliphatic rings. The van der Waals surface area contributed by atoms with Crippen LogP contribution in [-0.4, -0.2) is 15.3 Å². The van der Waals surface area contributed by atoms with Crippen LogP contribution in [0.4, 0.5) is 13.2 Å². The molecule has 190 valence electrons. The predicted octanol–water partition coefficient (Wildman–Crippen LogP) is 9.28. The number of nitrogens with zero attached hydrogens (tertiary/aromatic N) is 2. The third-order valence-corrected chi connectivity index (χ3v) is 8.23. The summed E-state index contributed by atoms with van der Waals surface area (Å²) >= 11 is 10.8. The number of Topliss-reactive ketones (excluding diaryl/α,β-unsaturated/α-hetero) is 1. The average Bonchev–Trinajstić information content (AvgIpc) is 3.19. The first-order chi connectivity index (χ1) is 17.4. The van der Waals surface area contributed by atoms with Gasteiger partial charge in [0, 0.05) is 38.9 Å². The summed E-state index contributed by atoms with van der Waals surface area (Å²) < 4.78 is 41.9. The summed E-state index contributed by atoms with van der Waals surface area (Å²) in [5.41, 5.74) is 3.49. The molecule has 2 aromatic carbocycles. The Balaban J connectivity index is 1.53. The number of alkyl halides is 3. The second kappa shape index (κ2) is 9.64. The Morgan fingerprint density at radius 1 is 1.03 bits per heavy atom. The molecule has 0 saturated heterocycles. The standard InChI is InChI=1S/C28H21BrClF3N2OS/c1-27(2)13-24-21(25(36)14-27)12-23(16-3-5-18(29)6-4-16)35(24)19-7-9-20(10-8-19)37-26-22(30)11-17(15-34-26)28(31,32)33/h3-12,15H,13-14H2,1-2H3. The van der Waals surface area contributed by atoms with E-state index in [1.807, 2.05) is 54.6 Å². The van der Waals surface area contributed by atoms with Gasteiger partial charge < -0.3 is 4.57 Å². The van der Waals surface area contributed by atoms with Gasteiger partial charge in [0.2, 0.25) is 0 Å². The fraction of sp³-hybridized carbons (Fsp3) is 0.214. The van der Waals surface area contributed by atoms with E-state index in [2.05, 4.69) is 39.3 Å². The highest BCUT2D eigenvalue weighted by Gasteiger charge is 2.35. The van der Waals surface area contributed by atoms with Gasteiger partial charge >= 0.3 is 6.18 Å². The van der Waals surface area contributed by atoms with Crippen molar-refractivity contribution >= 4 is 45.1 Å². The van der Waals surface area contributed by atoms with Crippen LogP contribution in [0.2, 0.25) is 5.02 Å². The largest absolute Gasteiger partial charge is 0.417 e. The van der Waals surface area contributed by atoms with E-state index >= 15 is 0 Å². The maximum absolute atomic E-state index is 13.0. The molecule has 5 rings (SSSR count). The summed E-state index contributed by atoms with van der Waals surface area (Å²) in [6, 6.07) is 18.5. The first-order valence-corrected chi connectivity index (χ1v) is 13.4. The lowest BCUT2D eigenvalue weighted by atomic mass is 9.76. The van der Waals surface area contributed by atoms with Crippen molar-refractivity contribution in [1.82, 2.24) is 9.55 Å². The van der Waals surface area contributed by atoms with Crippen molar-refractivity contribution in [3.63, 3.8) is 0 Å². The Morgan fingerprint density at radius 3 is 2.32 bits per heavy atom. The van der Waals surface area contributed by atoms with Gasteiger partial charge in [-0.2, -0.15) is 13.2 Å². The zero-order valence-corrected chi connectivity index (χ0v) is 23.0. The number of carbonyl (C=O) groups is 1. The number of hydrogen-bond donors (Lipinski definition) is 0. The number of pyridine rings is 1. The maximum atomic E-state index is 13.0. The molecule has 9 heteroatoms. The van der Waals surface area contributed by atoms with E-state index in [1.54, 1.807) is 0 Å². The van der Waals surface area contributed by atoms with E-state index < -0.39 is 11.7 Å². The molecule has 0 saturated carbocycles. The van der Waals surface area contributed by atoms with Crippen molar-refractivity contribution in [2.75, 3.05) is 0 Å². The molecule has 0 bridgehead atoms. The van der Waals surface area contributed by atoms with Crippen molar-refractivity contribution in [2.45, 2.75) is 42.8 Å². The van der Waals surface area contributed by atoms with Gasteiger partial charge in [0.05, 0.1) is 16.3 Å². The minimum Gasteiger partial charge on any atom is -0.313 e. The average molecular weight is 606 g/mol. The molecule has 0 amide bonds. The Kier molecular flexibility index (Phi) is 6.79. The molecule has 2 aromatic heterocycles. The Hall–Kier alpha value is -2.55. The lowest BCUT2D eigenvalue weighted by Gasteiger charge is -2.30. The van der Waals surface area contributed by atoms with Crippen LogP contribution in [0.15, 0.2) is 81.3 Å². The van der Waals surface area contributed by atoms with Crippen LogP contribution in [-0.2, 0) is 12.6 Å². The SMILES string of the molecule is CC1(C)CC(=O)c2cc(-c3ccc(Br)cc3)n(-c3ccc(Sc4ncc(C(F)(F)F)cc4Cl)cc3)c2C1. The number of carbonyl (C=O) groups excluding carboxylic acids is 1. The van der Waals surface area contributed by atoms with Gasteiger partial charge in [0.25, 0.3) is 0 Å². The van der Waals surface area contributed by atoms with Crippen LogP contribution in [0.25, 0.3) is 16.9 Å². The van der Waals surface area contributed by atoms with Crippen molar-refractivity contribution in [1.29, 1.82) is 0 Å². The molecule has 0 aliphatic heterocycles. The van der Waals surface area contributed by atoms with Gasteiger partial charge in [-0.15, -0.1) is 0 Å². The summed E-state index contributed by atoms with van der Waals surface area (Å²) in [6.07, 6.45) is -2.45. The number of fused-ring (bicyclic) bond motifs is 1. The van der Waals surface area contributed by atoms with Gasteiger partial charge in [-0.05, 0) is 65.9 Å². The maximum Gasteiger partial charge on any atom is 0.417 e. The summed E-state index contributed by atoms with van der Waals surface area (Å²) in [6.45, 7) is 4.20. The second-order valence-corrected chi connectivity index (χ2v) is 12.2. The molecule has 0 fully saturated rings. The number of rotatable bonds is 4. The smallest absolute Gasteiger partial charge is 0.313 e. The number of benzene rings is 2. The van der Waals surface area contributed by atoms with Crippen molar-refractivity contribution < 1.29 is 18.0 Å². The third kappa shape index (κ3) is 5.38. The summed E-state index contributed by atoms with van der Waals surface area (Å²) in [5.74, 6) is 0.138. The monoisotopic (exact) mass is 604 g/mol. The highest BCUT2D eigenvalue weighted by Crippen LogP contribution is 2.41. The quantitative estimate of drug-likeness (QED) is 0.233. The predicted molar refractivity (Wildman–Crippen MR) is 144 cm³/mol. The Bertz CT molecular complexity index is 1500. The van der Waals surface area contributed by atoms with Crippen molar-refractivity contribution in [2.24, 2.45) is 5.41 Å². The Labute approximate surface area is 230 Å². The van der Waals surface area contributed by atoms with Crippen molar-refractivity contribution in [3.05, 3.63) is 93.2 Å². The van der Waals surface area contributed by atoms with E-state index in [0.717, 1.165) is 56.3 Å². The highest BCUT2D eigenvalue weighted by molar-refractivity contribution is 9.10. The highest BCUT2D eigenvalue weighted by atomic mass is 79.9. The first kappa shape index (κ1) is 26.1. The first-order valence-electron chi connectivity index (χ1n) is 11.5. The summed E-state index contributed by atoms with van der Waals surface area (Å²) in [4.78, 5) is 17.7. The molecule has 0 unspecified atom stereocenters. The van der Waals surface area contributed by atoms with E-state index in [9.17, 15) is 18.0 Å². The molecule has 3 nitrogen and oxygen atoms in total. The Morgan fingerprint density at radius 2 is 1.70 bits per heavy atom.